The summed E-state index contributed by atoms with van der Waals surface area (Å²) in [5.41, 5.74) is 2.69. The molecule has 1 aromatic heterocycles. The van der Waals surface area contributed by atoms with E-state index in [9.17, 15) is 13.5 Å². The number of hydrogen-bond donors (Lipinski definition) is 3. The zero-order valence-corrected chi connectivity index (χ0v) is 17.8. The first kappa shape index (κ1) is 22.1. The Morgan fingerprint density at radius 2 is 1.68 bits per heavy atom. The third-order valence-electron chi connectivity index (χ3n) is 4.25. The molecule has 2 rings (SSSR count). The molecule has 0 amide bonds. The average molecular weight is 409 g/mol. The summed E-state index contributed by atoms with van der Waals surface area (Å²) in [6, 6.07) is 5.87. The van der Waals surface area contributed by atoms with Crippen LogP contribution in [0.15, 0.2) is 29.3 Å². The van der Waals surface area contributed by atoms with Crippen LogP contribution in [0.3, 0.4) is 0 Å². The fraction of sp³-hybridized carbons (Fsp3) is 0.474. The number of rotatable bonds is 8. The van der Waals surface area contributed by atoms with Crippen molar-refractivity contribution in [3.63, 3.8) is 0 Å². The average Bonchev–Trinajstić information content (AvgIpc) is 2.60. The first-order valence-corrected chi connectivity index (χ1v) is 10.5. The van der Waals surface area contributed by atoms with E-state index in [2.05, 4.69) is 20.0 Å². The number of ether oxygens (including phenoxy) is 1. The first-order chi connectivity index (χ1) is 13.1. The lowest BCUT2D eigenvalue weighted by atomic mass is 9.93. The van der Waals surface area contributed by atoms with E-state index >= 15 is 0 Å². The molecule has 0 aliphatic rings. The van der Waals surface area contributed by atoms with Gasteiger partial charge in [-0.1, -0.05) is 45.9 Å². The molecule has 0 bridgehead atoms. The molecule has 1 unspecified atom stereocenters. The maximum atomic E-state index is 12.7. The SMILES string of the molecule is COc1nc(C)ncc1S(=O)(=O)NC(O)Nc1c(C(C)C)cccc1C(C)C. The maximum absolute atomic E-state index is 12.7. The van der Waals surface area contributed by atoms with E-state index in [1.807, 2.05) is 45.9 Å². The van der Waals surface area contributed by atoms with E-state index in [0.717, 1.165) is 23.0 Å². The summed E-state index contributed by atoms with van der Waals surface area (Å²) in [6.07, 6.45) is -0.397. The Morgan fingerprint density at radius 3 is 2.18 bits per heavy atom. The summed E-state index contributed by atoms with van der Waals surface area (Å²) in [5.74, 6) is 0.672. The van der Waals surface area contributed by atoms with Gasteiger partial charge in [0.15, 0.2) is 11.2 Å². The topological polar surface area (TPSA) is 113 Å². The van der Waals surface area contributed by atoms with Crippen molar-refractivity contribution in [1.29, 1.82) is 0 Å². The third-order valence-corrected chi connectivity index (χ3v) is 5.64. The van der Waals surface area contributed by atoms with Crippen molar-refractivity contribution < 1.29 is 18.3 Å². The lowest BCUT2D eigenvalue weighted by molar-refractivity contribution is 0.192. The fourth-order valence-electron chi connectivity index (χ4n) is 2.86. The van der Waals surface area contributed by atoms with Crippen molar-refractivity contribution in [2.75, 3.05) is 12.4 Å². The number of nitrogens with zero attached hydrogens (tertiary/aromatic N) is 2. The lowest BCUT2D eigenvalue weighted by Gasteiger charge is -2.24. The number of aliphatic hydroxyl groups excluding tert-OH is 1. The Hall–Kier alpha value is -2.23. The normalized spacial score (nSPS) is 13.0. The van der Waals surface area contributed by atoms with Crippen LogP contribution in [0.2, 0.25) is 0 Å². The van der Waals surface area contributed by atoms with Gasteiger partial charge in [-0.25, -0.2) is 13.4 Å². The highest BCUT2D eigenvalue weighted by molar-refractivity contribution is 7.89. The van der Waals surface area contributed by atoms with Crippen LogP contribution in [0, 0.1) is 6.92 Å². The van der Waals surface area contributed by atoms with E-state index in [0.29, 0.717) is 5.82 Å². The molecule has 0 aliphatic carbocycles. The fourth-order valence-corrected chi connectivity index (χ4v) is 3.89. The summed E-state index contributed by atoms with van der Waals surface area (Å²) in [5, 5.41) is 13.3. The Morgan fingerprint density at radius 1 is 1.11 bits per heavy atom. The zero-order valence-electron chi connectivity index (χ0n) is 17.0. The van der Waals surface area contributed by atoms with Gasteiger partial charge in [0.2, 0.25) is 5.88 Å². The van der Waals surface area contributed by atoms with Gasteiger partial charge in [-0.3, -0.25) is 0 Å². The quantitative estimate of drug-likeness (QED) is 0.576. The van der Waals surface area contributed by atoms with E-state index in [4.69, 9.17) is 4.74 Å². The summed E-state index contributed by atoms with van der Waals surface area (Å²) < 4.78 is 32.6. The van der Waals surface area contributed by atoms with Gasteiger partial charge in [0.1, 0.15) is 5.82 Å². The predicted molar refractivity (Wildman–Crippen MR) is 108 cm³/mol. The Balaban J connectivity index is 2.33. The zero-order chi connectivity index (χ0) is 21.1. The molecule has 3 N–H and O–H groups in total. The van der Waals surface area contributed by atoms with Gasteiger partial charge in [-0.2, -0.15) is 9.71 Å². The number of hydrogen-bond acceptors (Lipinski definition) is 7. The van der Waals surface area contributed by atoms with Crippen LogP contribution in [0.4, 0.5) is 5.69 Å². The molecule has 1 heterocycles. The molecule has 0 fully saturated rings. The molecule has 0 saturated carbocycles. The first-order valence-electron chi connectivity index (χ1n) is 9.04. The number of benzene rings is 1. The van der Waals surface area contributed by atoms with Gasteiger partial charge in [0, 0.05) is 5.69 Å². The molecule has 2 aromatic rings. The highest BCUT2D eigenvalue weighted by Crippen LogP contribution is 2.32. The molecule has 154 valence electrons. The number of aryl methyl sites for hydroxylation is 1. The van der Waals surface area contributed by atoms with Gasteiger partial charge in [0.05, 0.1) is 13.3 Å². The Bertz CT molecular complexity index is 903. The summed E-state index contributed by atoms with van der Waals surface area (Å²) in [6.45, 7) is 9.77. The number of nitrogens with one attached hydrogen (secondary N) is 2. The molecule has 9 heteroatoms. The molecule has 28 heavy (non-hydrogen) atoms. The molecular weight excluding hydrogens is 380 g/mol. The molecule has 1 aromatic carbocycles. The minimum atomic E-state index is -4.12. The van der Waals surface area contributed by atoms with Gasteiger partial charge in [0.25, 0.3) is 10.0 Å². The molecule has 0 saturated heterocycles. The second-order valence-corrected chi connectivity index (χ2v) is 8.76. The molecule has 0 radical (unpaired) electrons. The Kier molecular flexibility index (Phi) is 6.97. The lowest BCUT2D eigenvalue weighted by Crippen LogP contribution is -2.41. The molecule has 0 aliphatic heterocycles. The highest BCUT2D eigenvalue weighted by atomic mass is 32.2. The van der Waals surface area contributed by atoms with Crippen molar-refractivity contribution in [3.8, 4) is 5.88 Å². The minimum Gasteiger partial charge on any atom is -0.480 e. The predicted octanol–water partition coefficient (Wildman–Crippen LogP) is 2.71. The van der Waals surface area contributed by atoms with Gasteiger partial charge < -0.3 is 15.2 Å². The van der Waals surface area contributed by atoms with Crippen molar-refractivity contribution in [1.82, 2.24) is 14.7 Å². The van der Waals surface area contributed by atoms with Gasteiger partial charge in [-0.15, -0.1) is 0 Å². The molecule has 0 spiro atoms. The highest BCUT2D eigenvalue weighted by Gasteiger charge is 2.25. The van der Waals surface area contributed by atoms with Crippen molar-refractivity contribution in [3.05, 3.63) is 41.3 Å². The monoisotopic (exact) mass is 408 g/mol. The van der Waals surface area contributed by atoms with Gasteiger partial charge in [-0.05, 0) is 29.9 Å². The van der Waals surface area contributed by atoms with Crippen molar-refractivity contribution >= 4 is 15.7 Å². The number of sulfonamides is 1. The second kappa shape index (κ2) is 8.85. The smallest absolute Gasteiger partial charge is 0.251 e. The van der Waals surface area contributed by atoms with Crippen LogP contribution in [0.5, 0.6) is 5.88 Å². The van der Waals surface area contributed by atoms with Crippen LogP contribution in [-0.2, 0) is 10.0 Å². The van der Waals surface area contributed by atoms with E-state index in [1.54, 1.807) is 6.92 Å². The van der Waals surface area contributed by atoms with Crippen LogP contribution in [0.1, 0.15) is 56.5 Å². The number of anilines is 1. The van der Waals surface area contributed by atoms with Gasteiger partial charge >= 0.3 is 0 Å². The standard InChI is InChI=1S/C19H28N4O4S/c1-11(2)14-8-7-9-15(12(3)4)17(14)22-19(24)23-28(25,26)16-10-20-13(5)21-18(16)27-6/h7-12,19,22-24H,1-6H3. The summed E-state index contributed by atoms with van der Waals surface area (Å²) >= 11 is 0. The van der Waals surface area contributed by atoms with Crippen molar-refractivity contribution in [2.45, 2.75) is 57.7 Å². The summed E-state index contributed by atoms with van der Waals surface area (Å²) in [4.78, 5) is 7.63. The second-order valence-electron chi connectivity index (χ2n) is 7.08. The Labute approximate surface area is 166 Å². The third kappa shape index (κ3) is 4.98. The number of para-hydroxylation sites is 1. The van der Waals surface area contributed by atoms with Crippen LogP contribution in [-0.4, -0.2) is 37.0 Å². The van der Waals surface area contributed by atoms with E-state index in [1.165, 1.54) is 7.11 Å². The van der Waals surface area contributed by atoms with Crippen LogP contribution < -0.4 is 14.8 Å². The van der Waals surface area contributed by atoms with E-state index in [-0.39, 0.29) is 22.6 Å². The van der Waals surface area contributed by atoms with Crippen LogP contribution >= 0.6 is 0 Å². The summed E-state index contributed by atoms with van der Waals surface area (Å²) in [7, 11) is -2.80. The number of aromatic nitrogens is 2. The van der Waals surface area contributed by atoms with Crippen LogP contribution in [0.25, 0.3) is 0 Å². The van der Waals surface area contributed by atoms with E-state index < -0.39 is 16.4 Å². The largest absolute Gasteiger partial charge is 0.480 e. The number of methoxy groups -OCH3 is 1. The minimum absolute atomic E-state index is 0.0855. The van der Waals surface area contributed by atoms with Crippen molar-refractivity contribution in [2.24, 2.45) is 0 Å². The number of aliphatic hydroxyl groups is 1. The molecule has 8 nitrogen and oxygen atoms in total. The maximum Gasteiger partial charge on any atom is 0.251 e. The molecular formula is C19H28N4O4S. The molecule has 1 atom stereocenters.